The molecule has 15 heavy (non-hydrogen) atoms. The van der Waals surface area contributed by atoms with Gasteiger partial charge in [-0.3, -0.25) is 0 Å². The molecule has 1 heterocycles. The summed E-state index contributed by atoms with van der Waals surface area (Å²) in [6.45, 7) is -0.209. The second-order valence-corrected chi connectivity index (χ2v) is 2.99. The average molecular weight is 210 g/mol. The van der Waals surface area contributed by atoms with E-state index in [2.05, 4.69) is 5.10 Å². The summed E-state index contributed by atoms with van der Waals surface area (Å²) in [4.78, 5) is 0. The molecule has 0 amide bonds. The van der Waals surface area contributed by atoms with E-state index >= 15 is 0 Å². The molecule has 0 aliphatic rings. The fourth-order valence-corrected chi connectivity index (χ4v) is 1.30. The first kappa shape index (κ1) is 9.79. The van der Waals surface area contributed by atoms with Crippen LogP contribution in [0.3, 0.4) is 0 Å². The Balaban J connectivity index is 2.50. The fourth-order valence-electron chi connectivity index (χ4n) is 1.30. The van der Waals surface area contributed by atoms with Gasteiger partial charge in [0.05, 0.1) is 18.0 Å². The lowest BCUT2D eigenvalue weighted by Gasteiger charge is -2.05. The summed E-state index contributed by atoms with van der Waals surface area (Å²) in [7, 11) is 0. The van der Waals surface area contributed by atoms with E-state index in [1.807, 2.05) is 0 Å². The molecular weight excluding hydrogens is 202 g/mol. The molecule has 1 N–H and O–H groups in total. The van der Waals surface area contributed by atoms with Gasteiger partial charge < -0.3 is 5.11 Å². The number of aliphatic hydroxyl groups is 1. The van der Waals surface area contributed by atoms with Crippen molar-refractivity contribution in [2.24, 2.45) is 0 Å². The van der Waals surface area contributed by atoms with Crippen LogP contribution in [0.15, 0.2) is 30.5 Å². The highest BCUT2D eigenvalue weighted by molar-refractivity contribution is 5.33. The van der Waals surface area contributed by atoms with Crippen molar-refractivity contribution in [1.29, 1.82) is 0 Å². The van der Waals surface area contributed by atoms with E-state index in [4.69, 9.17) is 5.11 Å². The van der Waals surface area contributed by atoms with Crippen molar-refractivity contribution in [3.63, 3.8) is 0 Å². The van der Waals surface area contributed by atoms with Crippen LogP contribution in [-0.4, -0.2) is 14.9 Å². The number of halogens is 2. The molecule has 5 heteroatoms. The highest BCUT2D eigenvalue weighted by Gasteiger charge is 2.07. The van der Waals surface area contributed by atoms with E-state index in [9.17, 15) is 8.78 Å². The average Bonchev–Trinajstić information content (AvgIpc) is 2.70. The molecule has 0 saturated heterocycles. The van der Waals surface area contributed by atoms with Crippen LogP contribution in [-0.2, 0) is 6.61 Å². The Labute approximate surface area is 84.6 Å². The van der Waals surface area contributed by atoms with Crippen molar-refractivity contribution in [2.75, 3.05) is 0 Å². The molecule has 0 aliphatic heterocycles. The molecular formula is C10H8F2N2O. The molecule has 0 spiro atoms. The number of hydrogen-bond acceptors (Lipinski definition) is 2. The highest BCUT2D eigenvalue weighted by Crippen LogP contribution is 2.14. The predicted molar refractivity (Wildman–Crippen MR) is 49.4 cm³/mol. The number of nitrogens with zero attached hydrogens (tertiary/aromatic N) is 2. The van der Waals surface area contributed by atoms with Crippen LogP contribution >= 0.6 is 0 Å². The summed E-state index contributed by atoms with van der Waals surface area (Å²) in [6.07, 6.45) is 1.48. The molecule has 0 aliphatic carbocycles. The minimum absolute atomic E-state index is 0.209. The topological polar surface area (TPSA) is 38.1 Å². The maximum atomic E-state index is 12.9. The second-order valence-electron chi connectivity index (χ2n) is 2.99. The molecule has 2 aromatic rings. The van der Waals surface area contributed by atoms with Crippen molar-refractivity contribution < 1.29 is 13.9 Å². The summed E-state index contributed by atoms with van der Waals surface area (Å²) in [5.74, 6) is -1.84. The lowest BCUT2D eigenvalue weighted by atomic mass is 10.3. The zero-order valence-electron chi connectivity index (χ0n) is 7.69. The van der Waals surface area contributed by atoms with Crippen molar-refractivity contribution in [3.05, 3.63) is 47.8 Å². The monoisotopic (exact) mass is 210 g/mol. The van der Waals surface area contributed by atoms with Crippen LogP contribution in [0.25, 0.3) is 5.69 Å². The van der Waals surface area contributed by atoms with Crippen LogP contribution in [0.2, 0.25) is 0 Å². The van der Waals surface area contributed by atoms with Crippen LogP contribution < -0.4 is 0 Å². The van der Waals surface area contributed by atoms with Crippen molar-refractivity contribution in [1.82, 2.24) is 9.78 Å². The zero-order chi connectivity index (χ0) is 10.8. The van der Waals surface area contributed by atoms with Gasteiger partial charge in [0.15, 0.2) is 11.6 Å². The smallest absolute Gasteiger partial charge is 0.160 e. The van der Waals surface area contributed by atoms with Crippen LogP contribution in [0.1, 0.15) is 5.69 Å². The van der Waals surface area contributed by atoms with Gasteiger partial charge in [0.25, 0.3) is 0 Å². The van der Waals surface area contributed by atoms with E-state index < -0.39 is 11.6 Å². The van der Waals surface area contributed by atoms with Gasteiger partial charge in [-0.05, 0) is 18.2 Å². The maximum Gasteiger partial charge on any atom is 0.160 e. The molecule has 3 nitrogen and oxygen atoms in total. The standard InChI is InChI=1S/C10H8F2N2O/c11-9-2-1-7(5-10(9)12)14-8(6-15)3-4-13-14/h1-5,15H,6H2. The number of aromatic nitrogens is 2. The Morgan fingerprint density at radius 3 is 2.67 bits per heavy atom. The predicted octanol–water partition coefficient (Wildman–Crippen LogP) is 1.64. The molecule has 1 aromatic heterocycles. The molecule has 0 radical (unpaired) electrons. The van der Waals surface area contributed by atoms with E-state index in [-0.39, 0.29) is 6.61 Å². The van der Waals surface area contributed by atoms with Crippen molar-refractivity contribution in [2.45, 2.75) is 6.61 Å². The maximum absolute atomic E-state index is 12.9. The Kier molecular flexibility index (Phi) is 2.47. The molecule has 0 bridgehead atoms. The van der Waals surface area contributed by atoms with Crippen LogP contribution in [0.5, 0.6) is 0 Å². The van der Waals surface area contributed by atoms with Gasteiger partial charge in [0, 0.05) is 12.3 Å². The Hall–Kier alpha value is -1.75. The summed E-state index contributed by atoms with van der Waals surface area (Å²) >= 11 is 0. The van der Waals surface area contributed by atoms with Crippen LogP contribution in [0.4, 0.5) is 8.78 Å². The Morgan fingerprint density at radius 1 is 1.20 bits per heavy atom. The van der Waals surface area contributed by atoms with Crippen LogP contribution in [0, 0.1) is 11.6 Å². The second kappa shape index (κ2) is 3.78. The molecule has 0 unspecified atom stereocenters. The van der Waals surface area contributed by atoms with Gasteiger partial charge in [-0.15, -0.1) is 0 Å². The highest BCUT2D eigenvalue weighted by atomic mass is 19.2. The molecule has 0 atom stereocenters. The largest absolute Gasteiger partial charge is 0.390 e. The molecule has 1 aromatic carbocycles. The summed E-state index contributed by atoms with van der Waals surface area (Å²) < 4.78 is 26.9. The van der Waals surface area contributed by atoms with Gasteiger partial charge >= 0.3 is 0 Å². The number of aliphatic hydroxyl groups excluding tert-OH is 1. The van der Waals surface area contributed by atoms with Gasteiger partial charge in [0.1, 0.15) is 0 Å². The summed E-state index contributed by atoms with van der Waals surface area (Å²) in [5, 5.41) is 12.9. The lowest BCUT2D eigenvalue weighted by molar-refractivity contribution is 0.273. The Bertz CT molecular complexity index is 482. The number of rotatable bonds is 2. The summed E-state index contributed by atoms with van der Waals surface area (Å²) in [5.41, 5.74) is 0.893. The summed E-state index contributed by atoms with van der Waals surface area (Å²) in [6, 6.07) is 5.04. The third-order valence-corrected chi connectivity index (χ3v) is 2.03. The first-order chi connectivity index (χ1) is 7.22. The number of benzene rings is 1. The molecule has 78 valence electrons. The minimum atomic E-state index is -0.938. The SMILES string of the molecule is OCc1ccnn1-c1ccc(F)c(F)c1. The molecule has 2 rings (SSSR count). The van der Waals surface area contributed by atoms with Crippen molar-refractivity contribution >= 4 is 0 Å². The van der Waals surface area contributed by atoms with Crippen molar-refractivity contribution in [3.8, 4) is 5.69 Å². The van der Waals surface area contributed by atoms with E-state index in [0.717, 1.165) is 12.1 Å². The fraction of sp³-hybridized carbons (Fsp3) is 0.100. The first-order valence-corrected chi connectivity index (χ1v) is 4.31. The van der Waals surface area contributed by atoms with Gasteiger partial charge in [-0.25, -0.2) is 13.5 Å². The van der Waals surface area contributed by atoms with E-state index in [1.54, 1.807) is 6.07 Å². The first-order valence-electron chi connectivity index (χ1n) is 4.31. The normalized spacial score (nSPS) is 10.6. The van der Waals surface area contributed by atoms with Gasteiger partial charge in [-0.2, -0.15) is 5.10 Å². The van der Waals surface area contributed by atoms with E-state index in [1.165, 1.54) is 16.9 Å². The Morgan fingerprint density at radius 2 is 2.00 bits per heavy atom. The third kappa shape index (κ3) is 1.73. The van der Waals surface area contributed by atoms with Gasteiger partial charge in [-0.1, -0.05) is 0 Å². The van der Waals surface area contributed by atoms with Gasteiger partial charge in [0.2, 0.25) is 0 Å². The molecule has 0 fully saturated rings. The lowest BCUT2D eigenvalue weighted by Crippen LogP contribution is -2.02. The quantitative estimate of drug-likeness (QED) is 0.818. The minimum Gasteiger partial charge on any atom is -0.390 e. The molecule has 0 saturated carbocycles. The zero-order valence-corrected chi connectivity index (χ0v) is 7.69. The van der Waals surface area contributed by atoms with E-state index in [0.29, 0.717) is 11.4 Å². The number of hydrogen-bond donors (Lipinski definition) is 1. The third-order valence-electron chi connectivity index (χ3n) is 2.03.